The van der Waals surface area contributed by atoms with Gasteiger partial charge >= 0.3 is 0 Å². The van der Waals surface area contributed by atoms with E-state index in [1.54, 1.807) is 6.20 Å². The van der Waals surface area contributed by atoms with Crippen LogP contribution in [-0.4, -0.2) is 41.3 Å². The number of primary amides is 1. The number of fused-ring (bicyclic) bond motifs is 1. The minimum atomic E-state index is -0.401. The van der Waals surface area contributed by atoms with E-state index in [2.05, 4.69) is 20.7 Å². The Balaban J connectivity index is 2.02. The van der Waals surface area contributed by atoms with Crippen LogP contribution in [0.5, 0.6) is 0 Å². The summed E-state index contributed by atoms with van der Waals surface area (Å²) in [4.78, 5) is 16.0. The van der Waals surface area contributed by atoms with E-state index in [0.29, 0.717) is 11.5 Å². The lowest BCUT2D eigenvalue weighted by Gasteiger charge is -2.23. The number of hydrogen-bond donors (Lipinski definition) is 3. The van der Waals surface area contributed by atoms with Crippen LogP contribution >= 0.6 is 0 Å². The number of nitrogens with two attached hydrogens (primary N) is 1. The van der Waals surface area contributed by atoms with Gasteiger partial charge in [0.05, 0.1) is 17.5 Å². The monoisotopic (exact) mass is 292 g/mol. The number of aliphatic imine (C=N–C) groups is 1. The lowest BCUT2D eigenvalue weighted by atomic mass is 9.94. The van der Waals surface area contributed by atoms with Crippen molar-refractivity contribution in [2.45, 2.75) is 33.2 Å². The van der Waals surface area contributed by atoms with Gasteiger partial charge in [-0.05, 0) is 32.6 Å². The highest BCUT2D eigenvalue weighted by atomic mass is 16.1. The highest BCUT2D eigenvalue weighted by molar-refractivity contribution is 5.93. The molecule has 0 aromatic carbocycles. The van der Waals surface area contributed by atoms with Crippen molar-refractivity contribution in [3.05, 3.63) is 17.5 Å². The van der Waals surface area contributed by atoms with Crippen LogP contribution < -0.4 is 16.4 Å². The summed E-state index contributed by atoms with van der Waals surface area (Å²) in [6, 6.07) is 0. The van der Waals surface area contributed by atoms with Crippen LogP contribution in [0.3, 0.4) is 0 Å². The average molecular weight is 292 g/mol. The zero-order valence-corrected chi connectivity index (χ0v) is 12.7. The third-order valence-electron chi connectivity index (χ3n) is 3.64. The van der Waals surface area contributed by atoms with Crippen LogP contribution in [0.15, 0.2) is 11.2 Å². The summed E-state index contributed by atoms with van der Waals surface area (Å²) < 4.78 is 1.88. The summed E-state index contributed by atoms with van der Waals surface area (Å²) in [5.41, 5.74) is 6.88. The molecule has 1 aliphatic heterocycles. The molecule has 1 amide bonds. The van der Waals surface area contributed by atoms with Crippen molar-refractivity contribution in [2.75, 3.05) is 19.6 Å². The van der Waals surface area contributed by atoms with E-state index in [9.17, 15) is 4.79 Å². The number of nitrogens with zero attached hydrogens (tertiary/aromatic N) is 3. The number of hydrogen-bond acceptors (Lipinski definition) is 3. The van der Waals surface area contributed by atoms with E-state index in [1.165, 1.54) is 0 Å². The van der Waals surface area contributed by atoms with Crippen molar-refractivity contribution < 1.29 is 4.79 Å². The Hall–Kier alpha value is -2.05. The topological polar surface area (TPSA) is 97.3 Å². The molecule has 7 nitrogen and oxygen atoms in total. The molecule has 1 atom stereocenters. The molecule has 0 saturated heterocycles. The first-order chi connectivity index (χ1) is 10.2. The lowest BCUT2D eigenvalue weighted by molar-refractivity contribution is 0.0998. The fraction of sp³-hybridized carbons (Fsp3) is 0.643. The summed E-state index contributed by atoms with van der Waals surface area (Å²) in [6.45, 7) is 7.33. The van der Waals surface area contributed by atoms with Crippen LogP contribution in [0.2, 0.25) is 0 Å². The van der Waals surface area contributed by atoms with Crippen LogP contribution in [0, 0.1) is 5.92 Å². The van der Waals surface area contributed by atoms with Gasteiger partial charge in [-0.2, -0.15) is 5.10 Å². The molecule has 1 aromatic rings. The molecule has 21 heavy (non-hydrogen) atoms. The van der Waals surface area contributed by atoms with Gasteiger partial charge < -0.3 is 16.4 Å². The van der Waals surface area contributed by atoms with Gasteiger partial charge in [-0.1, -0.05) is 0 Å². The maximum atomic E-state index is 11.4. The highest BCUT2D eigenvalue weighted by Gasteiger charge is 2.24. The van der Waals surface area contributed by atoms with Gasteiger partial charge in [-0.25, -0.2) is 0 Å². The van der Waals surface area contributed by atoms with Crippen molar-refractivity contribution in [3.8, 4) is 0 Å². The van der Waals surface area contributed by atoms with Gasteiger partial charge in [0.1, 0.15) is 0 Å². The lowest BCUT2D eigenvalue weighted by Crippen LogP contribution is -2.37. The zero-order valence-electron chi connectivity index (χ0n) is 12.7. The van der Waals surface area contributed by atoms with Crippen molar-refractivity contribution in [1.29, 1.82) is 0 Å². The maximum Gasteiger partial charge on any atom is 0.252 e. The molecule has 0 bridgehead atoms. The zero-order chi connectivity index (χ0) is 15.2. The fourth-order valence-electron chi connectivity index (χ4n) is 2.59. The number of carbonyl (C=O) groups excluding carboxylic acids is 1. The Bertz CT molecular complexity index is 514. The number of amides is 1. The first-order valence-corrected chi connectivity index (χ1v) is 7.52. The Morgan fingerprint density at radius 2 is 2.19 bits per heavy atom. The average Bonchev–Trinajstić information content (AvgIpc) is 2.88. The predicted molar refractivity (Wildman–Crippen MR) is 82.2 cm³/mol. The Kier molecular flexibility index (Phi) is 5.19. The molecular formula is C14H24N6O. The molecule has 116 valence electrons. The van der Waals surface area contributed by atoms with E-state index in [0.717, 1.165) is 50.7 Å². The molecule has 0 spiro atoms. The molecule has 4 N–H and O–H groups in total. The minimum Gasteiger partial charge on any atom is -0.365 e. The number of aryl methyl sites for hydroxylation is 1. The van der Waals surface area contributed by atoms with Gasteiger partial charge in [-0.15, -0.1) is 0 Å². The molecule has 1 aliphatic rings. The van der Waals surface area contributed by atoms with Gasteiger partial charge in [0.15, 0.2) is 5.96 Å². The molecule has 0 fully saturated rings. The highest BCUT2D eigenvalue weighted by Crippen LogP contribution is 2.23. The Morgan fingerprint density at radius 3 is 2.81 bits per heavy atom. The van der Waals surface area contributed by atoms with Crippen molar-refractivity contribution in [1.82, 2.24) is 20.4 Å². The molecule has 0 aliphatic carbocycles. The van der Waals surface area contributed by atoms with Crippen LogP contribution in [0.25, 0.3) is 0 Å². The standard InChI is InChI=1S/C14H24N6O/c1-3-16-14(17-4-2)18-8-10-5-6-20-12(7-10)11(9-19-20)13(15)21/h9-10H,3-8H2,1-2H3,(H2,15,21)(H2,16,17,18). The second-order valence-corrected chi connectivity index (χ2v) is 5.20. The third-order valence-corrected chi connectivity index (χ3v) is 3.64. The van der Waals surface area contributed by atoms with Crippen molar-refractivity contribution in [2.24, 2.45) is 16.6 Å². The number of carbonyl (C=O) groups is 1. The molecule has 2 rings (SSSR count). The first kappa shape index (κ1) is 15.3. The summed E-state index contributed by atoms with van der Waals surface area (Å²) in [7, 11) is 0. The fourth-order valence-corrected chi connectivity index (χ4v) is 2.59. The Morgan fingerprint density at radius 1 is 1.48 bits per heavy atom. The summed E-state index contributed by atoms with van der Waals surface area (Å²) >= 11 is 0. The van der Waals surface area contributed by atoms with Crippen molar-refractivity contribution in [3.63, 3.8) is 0 Å². The second kappa shape index (κ2) is 7.10. The van der Waals surface area contributed by atoms with E-state index in [4.69, 9.17) is 5.73 Å². The molecular weight excluding hydrogens is 268 g/mol. The summed E-state index contributed by atoms with van der Waals surface area (Å²) in [5.74, 6) is 0.857. The van der Waals surface area contributed by atoms with Crippen LogP contribution in [0.1, 0.15) is 36.3 Å². The maximum absolute atomic E-state index is 11.4. The molecule has 7 heteroatoms. The third kappa shape index (κ3) is 3.74. The first-order valence-electron chi connectivity index (χ1n) is 7.52. The van der Waals surface area contributed by atoms with Crippen LogP contribution in [-0.2, 0) is 13.0 Å². The SMILES string of the molecule is CCNC(=NCC1CCn2ncc(C(N)=O)c2C1)NCC. The second-order valence-electron chi connectivity index (χ2n) is 5.20. The number of aromatic nitrogens is 2. The largest absolute Gasteiger partial charge is 0.365 e. The molecule has 2 heterocycles. The predicted octanol–water partition coefficient (Wildman–Crippen LogP) is 0.119. The Labute approximate surface area is 125 Å². The van der Waals surface area contributed by atoms with E-state index in [1.807, 2.05) is 18.5 Å². The van der Waals surface area contributed by atoms with Gasteiger partial charge in [0.2, 0.25) is 0 Å². The van der Waals surface area contributed by atoms with Gasteiger partial charge in [-0.3, -0.25) is 14.5 Å². The van der Waals surface area contributed by atoms with E-state index in [-0.39, 0.29) is 0 Å². The van der Waals surface area contributed by atoms with E-state index >= 15 is 0 Å². The van der Waals surface area contributed by atoms with Gasteiger partial charge in [0.25, 0.3) is 5.91 Å². The minimum absolute atomic E-state index is 0.401. The smallest absolute Gasteiger partial charge is 0.252 e. The van der Waals surface area contributed by atoms with Crippen LogP contribution in [0.4, 0.5) is 0 Å². The molecule has 0 radical (unpaired) electrons. The number of nitrogens with one attached hydrogen (secondary N) is 2. The normalized spacial score (nSPS) is 17.0. The van der Waals surface area contributed by atoms with Crippen molar-refractivity contribution >= 4 is 11.9 Å². The summed E-state index contributed by atoms with van der Waals surface area (Å²) in [6.07, 6.45) is 3.39. The molecule has 1 unspecified atom stereocenters. The van der Waals surface area contributed by atoms with Gasteiger partial charge in [0, 0.05) is 26.2 Å². The van der Waals surface area contributed by atoms with E-state index < -0.39 is 5.91 Å². The molecule has 0 saturated carbocycles. The number of guanidine groups is 1. The quantitative estimate of drug-likeness (QED) is 0.530. The summed E-state index contributed by atoms with van der Waals surface area (Å²) in [5, 5.41) is 10.7. The number of rotatable bonds is 5. The molecule has 1 aromatic heterocycles.